The van der Waals surface area contributed by atoms with Gasteiger partial charge in [0.1, 0.15) is 28.0 Å². The van der Waals surface area contributed by atoms with Crippen LogP contribution in [0.2, 0.25) is 0 Å². The number of amides is 1. The zero-order valence-electron chi connectivity index (χ0n) is 28.3. The van der Waals surface area contributed by atoms with E-state index in [2.05, 4.69) is 36.7 Å². The number of carbonyl (C=O) groups excluding carboxylic acids is 1. The van der Waals surface area contributed by atoms with Gasteiger partial charge >= 0.3 is 6.09 Å². The van der Waals surface area contributed by atoms with Crippen molar-refractivity contribution in [3.05, 3.63) is 46.2 Å². The molecule has 17 heteroatoms. The Balaban J connectivity index is 1.43. The van der Waals surface area contributed by atoms with Crippen molar-refractivity contribution < 1.29 is 27.6 Å². The van der Waals surface area contributed by atoms with Gasteiger partial charge in [0.25, 0.3) is 0 Å². The number of benzene rings is 1. The maximum Gasteiger partial charge on any atom is 0.412 e. The molecular formula is C33H34F2N10O4S. The number of ether oxygens (including phenoxy) is 2. The average Bonchev–Trinajstić information content (AvgIpc) is 3.86. The molecule has 6 heterocycles. The monoisotopic (exact) mass is 704 g/mol. The molecule has 0 saturated carbocycles. The summed E-state index contributed by atoms with van der Waals surface area (Å²) in [7, 11) is 4.02. The molecule has 5 aromatic rings. The van der Waals surface area contributed by atoms with Gasteiger partial charge in [0.15, 0.2) is 17.5 Å². The Morgan fingerprint density at radius 1 is 1.20 bits per heavy atom. The third-order valence-electron chi connectivity index (χ3n) is 8.58. The average molecular weight is 705 g/mol. The van der Waals surface area contributed by atoms with Crippen LogP contribution >= 0.6 is 11.3 Å². The van der Waals surface area contributed by atoms with E-state index in [1.807, 2.05) is 19.0 Å². The van der Waals surface area contributed by atoms with Crippen molar-refractivity contribution >= 4 is 55.2 Å². The number of likely N-dealkylation sites (N-methyl/N-ethyl adjacent to an activating group) is 1. The number of thiophene rings is 1. The molecule has 1 atom stereocenters. The van der Waals surface area contributed by atoms with E-state index < -0.39 is 23.3 Å². The number of nitrogens with one attached hydrogen (secondary N) is 2. The maximum absolute atomic E-state index is 17.4. The van der Waals surface area contributed by atoms with Crippen molar-refractivity contribution in [2.75, 3.05) is 42.7 Å². The van der Waals surface area contributed by atoms with Crippen LogP contribution in [0.25, 0.3) is 32.2 Å². The molecule has 2 aliphatic heterocycles. The summed E-state index contributed by atoms with van der Waals surface area (Å²) >= 11 is 0.842. The Bertz CT molecular complexity index is 2210. The first kappa shape index (κ1) is 33.4. The van der Waals surface area contributed by atoms with Crippen LogP contribution in [-0.2, 0) is 29.2 Å². The highest BCUT2D eigenvalue weighted by Crippen LogP contribution is 2.47. The fourth-order valence-electron chi connectivity index (χ4n) is 6.31. The summed E-state index contributed by atoms with van der Waals surface area (Å²) in [5, 5.41) is 20.6. The normalized spacial score (nSPS) is 16.0. The number of nitrogens with zero attached hydrogens (tertiary/aromatic N) is 8. The SMILES string of the molecule is Cc1nc(CNc2nc(N3CC[C@H](N(C)C)C3)nc3c(F)c(-c4ncc(F)c5sc(NC(=O)OC(C)(C)C)c(C#N)c45)c4c(c23)COC4)no1. The highest BCUT2D eigenvalue weighted by Gasteiger charge is 2.34. The molecule has 14 nitrogen and oxygen atoms in total. The van der Waals surface area contributed by atoms with Gasteiger partial charge in [-0.05, 0) is 52.4 Å². The summed E-state index contributed by atoms with van der Waals surface area (Å²) in [6, 6.07) is 2.32. The summed E-state index contributed by atoms with van der Waals surface area (Å²) in [6.07, 6.45) is 1.03. The van der Waals surface area contributed by atoms with Crippen LogP contribution in [0.3, 0.4) is 0 Å². The van der Waals surface area contributed by atoms with Gasteiger partial charge in [0, 0.05) is 37.0 Å². The summed E-state index contributed by atoms with van der Waals surface area (Å²) in [4.78, 5) is 35.1. The van der Waals surface area contributed by atoms with E-state index >= 15 is 8.78 Å². The minimum absolute atomic E-state index is 0.00876. The lowest BCUT2D eigenvalue weighted by molar-refractivity contribution is 0.0636. The van der Waals surface area contributed by atoms with E-state index in [-0.39, 0.29) is 63.2 Å². The number of hydrogen-bond acceptors (Lipinski definition) is 14. The van der Waals surface area contributed by atoms with Crippen molar-refractivity contribution in [3.63, 3.8) is 0 Å². The van der Waals surface area contributed by atoms with Gasteiger partial charge in [-0.1, -0.05) is 5.16 Å². The van der Waals surface area contributed by atoms with Crippen LogP contribution in [-0.4, -0.2) is 74.9 Å². The van der Waals surface area contributed by atoms with E-state index in [0.717, 1.165) is 24.0 Å². The fourth-order valence-corrected chi connectivity index (χ4v) is 7.35. The number of rotatable bonds is 7. The largest absolute Gasteiger partial charge is 0.444 e. The zero-order valence-corrected chi connectivity index (χ0v) is 29.1. The summed E-state index contributed by atoms with van der Waals surface area (Å²) in [5.41, 5.74) is 0.274. The van der Waals surface area contributed by atoms with Crippen molar-refractivity contribution in [2.45, 2.75) is 65.5 Å². The number of carbonyl (C=O) groups is 1. The summed E-state index contributed by atoms with van der Waals surface area (Å²) in [6.45, 7) is 8.37. The Kier molecular flexibility index (Phi) is 8.48. The Hall–Kier alpha value is -5.05. The van der Waals surface area contributed by atoms with Crippen molar-refractivity contribution in [1.82, 2.24) is 30.0 Å². The van der Waals surface area contributed by atoms with E-state index in [1.165, 1.54) is 0 Å². The first-order valence-electron chi connectivity index (χ1n) is 15.9. The Morgan fingerprint density at radius 2 is 1.98 bits per heavy atom. The van der Waals surface area contributed by atoms with E-state index in [1.54, 1.807) is 27.7 Å². The molecule has 7 rings (SSSR count). The van der Waals surface area contributed by atoms with Crippen molar-refractivity contribution in [1.29, 1.82) is 5.26 Å². The minimum atomic E-state index is -0.819. The van der Waals surface area contributed by atoms with Crippen molar-refractivity contribution in [3.8, 4) is 17.3 Å². The lowest BCUT2D eigenvalue weighted by Crippen LogP contribution is -2.32. The molecule has 2 aliphatic rings. The van der Waals surface area contributed by atoms with Gasteiger partial charge in [0.2, 0.25) is 11.8 Å². The van der Waals surface area contributed by atoms with Crippen LogP contribution in [0.1, 0.15) is 55.6 Å². The van der Waals surface area contributed by atoms with E-state index in [9.17, 15) is 10.1 Å². The number of anilines is 3. The van der Waals surface area contributed by atoms with Crippen LogP contribution in [0, 0.1) is 29.9 Å². The highest BCUT2D eigenvalue weighted by atomic mass is 32.1. The van der Waals surface area contributed by atoms with Gasteiger partial charge in [-0.25, -0.2) is 18.6 Å². The molecule has 1 aromatic carbocycles. The maximum atomic E-state index is 17.4. The fraction of sp³-hybridized carbons (Fsp3) is 0.424. The standard InChI is InChI=1S/C33H34F2N10O4S/c1-15-39-21(43-49-15)11-38-29-24-19-14-47-13-18(19)22(25(35)27(24)40-31(41-29)45-8-7-16(12-45)44(5)6)26-23-17(9-36)30(42-32(46)48-33(2,3)4)50-28(23)20(34)10-37-26/h10,16H,7-8,11-14H2,1-6H3,(H,42,46)(H,38,40,41)/t16-/m0/s1. The first-order valence-corrected chi connectivity index (χ1v) is 16.7. The zero-order chi connectivity index (χ0) is 35.5. The predicted molar refractivity (Wildman–Crippen MR) is 182 cm³/mol. The molecule has 4 aromatic heterocycles. The molecule has 1 fully saturated rings. The smallest absolute Gasteiger partial charge is 0.412 e. The minimum Gasteiger partial charge on any atom is -0.444 e. The molecule has 0 aliphatic carbocycles. The number of hydrogen-bond donors (Lipinski definition) is 2. The second kappa shape index (κ2) is 12.7. The molecular weight excluding hydrogens is 670 g/mol. The van der Waals surface area contributed by atoms with Gasteiger partial charge in [-0.15, -0.1) is 11.3 Å². The molecule has 0 bridgehead atoms. The van der Waals surface area contributed by atoms with Crippen molar-refractivity contribution in [2.24, 2.45) is 0 Å². The first-order chi connectivity index (χ1) is 23.8. The molecule has 50 heavy (non-hydrogen) atoms. The summed E-state index contributed by atoms with van der Waals surface area (Å²) in [5.74, 6) is 0.0269. The lowest BCUT2D eigenvalue weighted by Gasteiger charge is -2.22. The molecule has 2 N–H and O–H groups in total. The molecule has 0 unspecified atom stereocenters. The Morgan fingerprint density at radius 3 is 2.66 bits per heavy atom. The van der Waals surface area contributed by atoms with Crippen LogP contribution in [0.5, 0.6) is 0 Å². The number of nitriles is 1. The van der Waals surface area contributed by atoms with Crippen LogP contribution < -0.4 is 15.5 Å². The number of aryl methyl sites for hydroxylation is 1. The molecule has 0 radical (unpaired) electrons. The second-order valence-corrected chi connectivity index (χ2v) is 14.4. The van der Waals surface area contributed by atoms with Crippen LogP contribution in [0.15, 0.2) is 10.7 Å². The highest BCUT2D eigenvalue weighted by molar-refractivity contribution is 7.23. The van der Waals surface area contributed by atoms with Gasteiger partial charge in [0.05, 0.1) is 47.3 Å². The summed E-state index contributed by atoms with van der Waals surface area (Å²) < 4.78 is 49.1. The van der Waals surface area contributed by atoms with Gasteiger partial charge in [-0.2, -0.15) is 15.2 Å². The molecule has 260 valence electrons. The van der Waals surface area contributed by atoms with Crippen LogP contribution in [0.4, 0.5) is 30.3 Å². The third kappa shape index (κ3) is 6.03. The van der Waals surface area contributed by atoms with E-state index in [0.29, 0.717) is 53.1 Å². The topological polar surface area (TPSA) is 167 Å². The lowest BCUT2D eigenvalue weighted by atomic mass is 9.93. The third-order valence-corrected chi connectivity index (χ3v) is 9.69. The van der Waals surface area contributed by atoms with Gasteiger partial charge in [-0.3, -0.25) is 10.3 Å². The molecule has 1 amide bonds. The van der Waals surface area contributed by atoms with E-state index in [4.69, 9.17) is 24.0 Å². The van der Waals surface area contributed by atoms with Gasteiger partial charge < -0.3 is 29.1 Å². The molecule has 0 spiro atoms. The second-order valence-electron chi connectivity index (χ2n) is 13.4. The number of aromatic nitrogens is 5. The molecule has 1 saturated heterocycles. The quantitative estimate of drug-likeness (QED) is 0.206. The predicted octanol–water partition coefficient (Wildman–Crippen LogP) is 5.88. The number of fused-ring (bicyclic) bond motifs is 4. The number of halogens is 2. The number of pyridine rings is 1. The Labute approximate surface area is 289 Å².